The predicted molar refractivity (Wildman–Crippen MR) is 104 cm³/mol. The Morgan fingerprint density at radius 2 is 1.52 bits per heavy atom. The molecular formula is C21H21F5N2O5. The number of carbonyl (C=O) groups excluding carboxylic acids is 3. The summed E-state index contributed by atoms with van der Waals surface area (Å²) in [5, 5.41) is 3.46. The van der Waals surface area contributed by atoms with Crippen molar-refractivity contribution in [1.82, 2.24) is 9.78 Å². The van der Waals surface area contributed by atoms with Gasteiger partial charge in [-0.05, 0) is 44.9 Å². The number of hydrogen-bond acceptors (Lipinski definition) is 6. The minimum Gasteiger partial charge on any atom is -0.461 e. The number of aromatic nitrogens is 2. The second kappa shape index (κ2) is 9.67. The van der Waals surface area contributed by atoms with Gasteiger partial charge in [-0.25, -0.2) is 14.3 Å². The SMILES string of the molecule is CCOC(=O)c1nn(CC(=O)c2ccc(C)c(C)c2)c(C(=O)OCC)c1C(F)(F)C(F)(F)F. The highest BCUT2D eigenvalue weighted by molar-refractivity contribution is 5.99. The van der Waals surface area contributed by atoms with Gasteiger partial charge in [0, 0.05) is 5.56 Å². The average molecular weight is 476 g/mol. The molecule has 0 aliphatic carbocycles. The number of nitrogens with zero attached hydrogens (tertiary/aromatic N) is 2. The molecule has 0 fully saturated rings. The first-order chi connectivity index (χ1) is 15.3. The van der Waals surface area contributed by atoms with Crippen LogP contribution in [0.4, 0.5) is 22.0 Å². The Balaban J connectivity index is 2.74. The normalized spacial score (nSPS) is 11.9. The number of hydrogen-bond donors (Lipinski definition) is 0. The third kappa shape index (κ3) is 5.20. The zero-order valence-corrected chi connectivity index (χ0v) is 18.2. The van der Waals surface area contributed by atoms with E-state index in [0.717, 1.165) is 11.1 Å². The molecule has 0 saturated carbocycles. The van der Waals surface area contributed by atoms with E-state index in [9.17, 15) is 36.3 Å². The van der Waals surface area contributed by atoms with Crippen LogP contribution in [-0.4, -0.2) is 46.9 Å². The third-order valence-corrected chi connectivity index (χ3v) is 4.68. The van der Waals surface area contributed by atoms with Crippen LogP contribution in [-0.2, 0) is 21.9 Å². The van der Waals surface area contributed by atoms with E-state index in [-0.39, 0.29) is 18.8 Å². The van der Waals surface area contributed by atoms with Gasteiger partial charge in [0.25, 0.3) is 0 Å². The molecule has 0 spiro atoms. The van der Waals surface area contributed by atoms with Crippen molar-refractivity contribution < 1.29 is 45.8 Å². The molecule has 12 heteroatoms. The number of alkyl halides is 5. The molecule has 0 radical (unpaired) electrons. The lowest BCUT2D eigenvalue weighted by atomic mass is 10.0. The summed E-state index contributed by atoms with van der Waals surface area (Å²) in [5.41, 5.74) is -3.14. The van der Waals surface area contributed by atoms with Crippen LogP contribution < -0.4 is 0 Å². The standard InChI is InChI=1S/C21H21F5N2O5/c1-5-32-18(30)16-15(20(22,23)21(24,25)26)17(19(31)33-6-2)28(27-16)10-14(29)13-8-7-11(3)12(4)9-13/h7-9H,5-6,10H2,1-4H3. The minimum atomic E-state index is -6.18. The van der Waals surface area contributed by atoms with Crippen LogP contribution in [0.1, 0.15) is 61.9 Å². The molecule has 7 nitrogen and oxygen atoms in total. The molecule has 180 valence electrons. The fourth-order valence-corrected chi connectivity index (χ4v) is 2.91. The first-order valence-electron chi connectivity index (χ1n) is 9.76. The van der Waals surface area contributed by atoms with Gasteiger partial charge >= 0.3 is 24.0 Å². The highest BCUT2D eigenvalue weighted by Crippen LogP contribution is 2.46. The van der Waals surface area contributed by atoms with Crippen LogP contribution in [0, 0.1) is 13.8 Å². The number of ether oxygens (including phenoxy) is 2. The molecule has 0 saturated heterocycles. The molecule has 0 amide bonds. The number of aryl methyl sites for hydroxylation is 2. The monoisotopic (exact) mass is 476 g/mol. The second-order valence-electron chi connectivity index (χ2n) is 6.97. The van der Waals surface area contributed by atoms with Crippen molar-refractivity contribution in [2.75, 3.05) is 13.2 Å². The molecule has 0 aliphatic heterocycles. The fraction of sp³-hybridized carbons (Fsp3) is 0.429. The molecule has 0 unspecified atom stereocenters. The Hall–Kier alpha value is -3.31. The van der Waals surface area contributed by atoms with Crippen molar-refractivity contribution in [1.29, 1.82) is 0 Å². The summed E-state index contributed by atoms with van der Waals surface area (Å²) in [4.78, 5) is 37.3. The van der Waals surface area contributed by atoms with Crippen LogP contribution in [0.25, 0.3) is 0 Å². The summed E-state index contributed by atoms with van der Waals surface area (Å²) >= 11 is 0. The van der Waals surface area contributed by atoms with E-state index in [2.05, 4.69) is 14.6 Å². The van der Waals surface area contributed by atoms with Gasteiger partial charge in [-0.15, -0.1) is 0 Å². The van der Waals surface area contributed by atoms with E-state index in [1.54, 1.807) is 19.9 Å². The van der Waals surface area contributed by atoms with Crippen LogP contribution in [0.15, 0.2) is 18.2 Å². The summed E-state index contributed by atoms with van der Waals surface area (Å²) in [6.45, 7) is 4.45. The van der Waals surface area contributed by atoms with Crippen molar-refractivity contribution in [2.24, 2.45) is 0 Å². The number of ketones is 1. The van der Waals surface area contributed by atoms with Gasteiger partial charge < -0.3 is 9.47 Å². The number of esters is 2. The van der Waals surface area contributed by atoms with Crippen LogP contribution >= 0.6 is 0 Å². The Morgan fingerprint density at radius 1 is 0.939 bits per heavy atom. The molecule has 0 atom stereocenters. The Morgan fingerprint density at radius 3 is 2.03 bits per heavy atom. The highest BCUT2D eigenvalue weighted by Gasteiger charge is 2.63. The molecule has 0 bridgehead atoms. The van der Waals surface area contributed by atoms with Crippen LogP contribution in [0.5, 0.6) is 0 Å². The smallest absolute Gasteiger partial charge is 0.458 e. The van der Waals surface area contributed by atoms with E-state index >= 15 is 0 Å². The number of benzene rings is 1. The first kappa shape index (κ1) is 25.9. The topological polar surface area (TPSA) is 87.5 Å². The fourth-order valence-electron chi connectivity index (χ4n) is 2.91. The largest absolute Gasteiger partial charge is 0.461 e. The van der Waals surface area contributed by atoms with Crippen LogP contribution in [0.3, 0.4) is 0 Å². The molecule has 2 rings (SSSR count). The van der Waals surface area contributed by atoms with Gasteiger partial charge in [0.2, 0.25) is 0 Å². The minimum absolute atomic E-state index is 0.102. The Kier molecular flexibility index (Phi) is 7.60. The van der Waals surface area contributed by atoms with Crippen molar-refractivity contribution in [3.63, 3.8) is 0 Å². The molecule has 33 heavy (non-hydrogen) atoms. The number of rotatable bonds is 8. The van der Waals surface area contributed by atoms with Gasteiger partial charge in [-0.1, -0.05) is 12.1 Å². The van der Waals surface area contributed by atoms with Gasteiger partial charge in [0.15, 0.2) is 17.2 Å². The third-order valence-electron chi connectivity index (χ3n) is 4.68. The van der Waals surface area contributed by atoms with E-state index in [1.807, 2.05) is 0 Å². The van der Waals surface area contributed by atoms with Crippen LogP contribution in [0.2, 0.25) is 0 Å². The van der Waals surface area contributed by atoms with E-state index in [0.29, 0.717) is 4.68 Å². The summed E-state index contributed by atoms with van der Waals surface area (Å²) in [6, 6.07) is 4.53. The molecule has 1 aromatic heterocycles. The predicted octanol–water partition coefficient (Wildman–Crippen LogP) is 4.39. The maximum absolute atomic E-state index is 14.5. The average Bonchev–Trinajstić information content (AvgIpc) is 3.09. The van der Waals surface area contributed by atoms with Gasteiger partial charge in [0.1, 0.15) is 6.54 Å². The molecule has 1 aromatic carbocycles. The molecule has 2 aromatic rings. The lowest BCUT2D eigenvalue weighted by Gasteiger charge is -2.20. The summed E-state index contributed by atoms with van der Waals surface area (Å²) in [7, 11) is 0. The maximum Gasteiger partial charge on any atom is 0.458 e. The molecule has 1 heterocycles. The van der Waals surface area contributed by atoms with Crippen molar-refractivity contribution in [3.05, 3.63) is 51.8 Å². The lowest BCUT2D eigenvalue weighted by molar-refractivity contribution is -0.289. The number of Topliss-reactive ketones (excluding diaryl/α,β-unsaturated/α-hetero) is 1. The molecular weight excluding hydrogens is 455 g/mol. The number of halogens is 5. The quantitative estimate of drug-likeness (QED) is 0.319. The first-order valence-corrected chi connectivity index (χ1v) is 9.76. The number of carbonyl (C=O) groups is 3. The summed E-state index contributed by atoms with van der Waals surface area (Å²) in [5.74, 6) is -9.63. The van der Waals surface area contributed by atoms with Gasteiger partial charge in [0.05, 0.1) is 18.8 Å². The van der Waals surface area contributed by atoms with E-state index in [4.69, 9.17) is 0 Å². The summed E-state index contributed by atoms with van der Waals surface area (Å²) < 4.78 is 78.2. The zero-order chi connectivity index (χ0) is 25.1. The Labute approximate surface area is 185 Å². The molecule has 0 aliphatic rings. The van der Waals surface area contributed by atoms with Gasteiger partial charge in [-0.2, -0.15) is 27.1 Å². The maximum atomic E-state index is 14.5. The van der Waals surface area contributed by atoms with Crippen molar-refractivity contribution in [3.8, 4) is 0 Å². The van der Waals surface area contributed by atoms with Crippen molar-refractivity contribution in [2.45, 2.75) is 46.3 Å². The lowest BCUT2D eigenvalue weighted by Crippen LogP contribution is -2.37. The van der Waals surface area contributed by atoms with Gasteiger partial charge in [-0.3, -0.25) is 4.79 Å². The summed E-state index contributed by atoms with van der Waals surface area (Å²) in [6.07, 6.45) is -6.18. The highest BCUT2D eigenvalue weighted by atomic mass is 19.4. The molecule has 0 N–H and O–H groups in total. The van der Waals surface area contributed by atoms with E-state index in [1.165, 1.54) is 26.0 Å². The Bertz CT molecular complexity index is 1080. The second-order valence-corrected chi connectivity index (χ2v) is 6.97. The van der Waals surface area contributed by atoms with E-state index < -0.39 is 53.3 Å². The zero-order valence-electron chi connectivity index (χ0n) is 18.2. The van der Waals surface area contributed by atoms with Crippen molar-refractivity contribution >= 4 is 17.7 Å².